The van der Waals surface area contributed by atoms with Crippen LogP contribution in [0, 0.1) is 0 Å². The number of aromatic nitrogens is 2. The van der Waals surface area contributed by atoms with Gasteiger partial charge in [-0.05, 0) is 23.8 Å². The van der Waals surface area contributed by atoms with Gasteiger partial charge in [-0.2, -0.15) is 0 Å². The van der Waals surface area contributed by atoms with Crippen molar-refractivity contribution in [3.63, 3.8) is 0 Å². The molecule has 2 aromatic carbocycles. The predicted molar refractivity (Wildman–Crippen MR) is 86.4 cm³/mol. The number of rotatable bonds is 5. The van der Waals surface area contributed by atoms with Gasteiger partial charge in [-0.15, -0.1) is 0 Å². The first-order chi connectivity index (χ1) is 11.5. The normalized spacial score (nSPS) is 10.7. The fourth-order valence-electron chi connectivity index (χ4n) is 2.64. The third-order valence-corrected chi connectivity index (χ3v) is 3.66. The van der Waals surface area contributed by atoms with Gasteiger partial charge < -0.3 is 19.9 Å². The Balaban J connectivity index is 2.23. The highest BCUT2D eigenvalue weighted by molar-refractivity contribution is 6.04. The molecule has 0 aliphatic carbocycles. The molecule has 7 heteroatoms. The lowest BCUT2D eigenvalue weighted by molar-refractivity contribution is -0.136. The van der Waals surface area contributed by atoms with Gasteiger partial charge in [-0.1, -0.05) is 18.2 Å². The number of imidazole rings is 1. The zero-order valence-electron chi connectivity index (χ0n) is 12.7. The van der Waals surface area contributed by atoms with Gasteiger partial charge in [-0.25, -0.2) is 9.78 Å². The van der Waals surface area contributed by atoms with Crippen LogP contribution < -0.4 is 4.74 Å². The molecule has 1 aromatic heterocycles. The molecule has 0 atom stereocenters. The summed E-state index contributed by atoms with van der Waals surface area (Å²) in [5.74, 6) is -1.25. The van der Waals surface area contributed by atoms with Crippen LogP contribution in [-0.2, 0) is 11.2 Å². The van der Waals surface area contributed by atoms with E-state index in [0.717, 1.165) is 0 Å². The summed E-state index contributed by atoms with van der Waals surface area (Å²) in [6.45, 7) is 0. The number of nitrogens with one attached hydrogen (secondary N) is 1. The molecular weight excluding hydrogens is 312 g/mol. The summed E-state index contributed by atoms with van der Waals surface area (Å²) in [5.41, 5.74) is 1.57. The van der Waals surface area contributed by atoms with E-state index in [0.29, 0.717) is 28.2 Å². The molecule has 0 saturated carbocycles. The minimum Gasteiger partial charge on any atom is -0.496 e. The molecule has 0 bridgehead atoms. The van der Waals surface area contributed by atoms with E-state index in [1.165, 1.54) is 13.2 Å². The summed E-state index contributed by atoms with van der Waals surface area (Å²) in [7, 11) is 1.54. The maximum absolute atomic E-state index is 11.6. The van der Waals surface area contributed by atoms with Crippen LogP contribution in [0.5, 0.6) is 5.75 Å². The molecule has 0 aliphatic heterocycles. The number of carboxylic acids is 2. The van der Waals surface area contributed by atoms with Crippen molar-refractivity contribution >= 4 is 23.0 Å². The van der Waals surface area contributed by atoms with Gasteiger partial charge in [0.25, 0.3) is 0 Å². The largest absolute Gasteiger partial charge is 0.496 e. The van der Waals surface area contributed by atoms with Crippen LogP contribution in [0.15, 0.2) is 36.4 Å². The molecule has 0 fully saturated rings. The summed E-state index contributed by atoms with van der Waals surface area (Å²) in [4.78, 5) is 30.0. The Labute approximate surface area is 136 Å². The number of fused-ring (bicyclic) bond motifs is 1. The third kappa shape index (κ3) is 2.67. The number of nitrogens with zero attached hydrogens (tertiary/aromatic N) is 1. The number of aliphatic carboxylic acids is 1. The minimum absolute atomic E-state index is 0.0800. The maximum atomic E-state index is 11.6. The van der Waals surface area contributed by atoms with Gasteiger partial charge in [0.2, 0.25) is 0 Å². The van der Waals surface area contributed by atoms with Crippen molar-refractivity contribution in [2.45, 2.75) is 6.42 Å². The number of ether oxygens (including phenoxy) is 1. The van der Waals surface area contributed by atoms with Crippen LogP contribution in [0.4, 0.5) is 0 Å². The average molecular weight is 326 g/mol. The quantitative estimate of drug-likeness (QED) is 0.664. The van der Waals surface area contributed by atoms with Crippen LogP contribution in [0.25, 0.3) is 22.4 Å². The molecule has 0 spiro atoms. The topological polar surface area (TPSA) is 113 Å². The van der Waals surface area contributed by atoms with Gasteiger partial charge in [0.05, 0.1) is 35.7 Å². The van der Waals surface area contributed by atoms with E-state index < -0.39 is 11.9 Å². The summed E-state index contributed by atoms with van der Waals surface area (Å²) < 4.78 is 5.30. The maximum Gasteiger partial charge on any atom is 0.338 e. The van der Waals surface area contributed by atoms with Gasteiger partial charge in [-0.3, -0.25) is 4.79 Å². The lowest BCUT2D eigenvalue weighted by Gasteiger charge is -2.05. The Hall–Kier alpha value is -3.35. The highest BCUT2D eigenvalue weighted by atomic mass is 16.5. The third-order valence-electron chi connectivity index (χ3n) is 3.66. The lowest BCUT2D eigenvalue weighted by atomic mass is 10.0. The summed E-state index contributed by atoms with van der Waals surface area (Å²) in [6.07, 6.45) is -0.374. The van der Waals surface area contributed by atoms with E-state index in [1.807, 2.05) is 12.1 Å². The number of carbonyl (C=O) groups is 2. The van der Waals surface area contributed by atoms with Crippen molar-refractivity contribution in [3.05, 3.63) is 47.5 Å². The van der Waals surface area contributed by atoms with Gasteiger partial charge in [0.1, 0.15) is 11.6 Å². The van der Waals surface area contributed by atoms with Gasteiger partial charge in [0, 0.05) is 0 Å². The molecule has 122 valence electrons. The van der Waals surface area contributed by atoms with Gasteiger partial charge in [0.15, 0.2) is 0 Å². The number of H-pyrrole nitrogens is 1. The molecule has 3 rings (SSSR count). The molecule has 0 saturated heterocycles. The van der Waals surface area contributed by atoms with Crippen molar-refractivity contribution in [1.29, 1.82) is 0 Å². The molecule has 1 heterocycles. The molecule has 7 nitrogen and oxygen atoms in total. The number of benzene rings is 2. The first-order valence-corrected chi connectivity index (χ1v) is 7.11. The Bertz CT molecular complexity index is 945. The molecule has 0 radical (unpaired) electrons. The van der Waals surface area contributed by atoms with E-state index >= 15 is 0 Å². The SMILES string of the molecule is COc1ccccc1-c1nc2ccc(CC(=O)O)c(C(=O)O)c2[nH]1. The number of aromatic amines is 1. The van der Waals surface area contributed by atoms with Crippen LogP contribution in [0.3, 0.4) is 0 Å². The molecule has 3 aromatic rings. The second-order valence-corrected chi connectivity index (χ2v) is 5.16. The van der Waals surface area contributed by atoms with Crippen molar-refractivity contribution < 1.29 is 24.5 Å². The number of methoxy groups -OCH3 is 1. The standard InChI is InChI=1S/C17H14N2O5/c1-24-12-5-3-2-4-10(12)16-18-11-7-6-9(8-13(20)21)14(17(22)23)15(11)19-16/h2-7H,8H2,1H3,(H,18,19)(H,20,21)(H,22,23). The predicted octanol–water partition coefficient (Wildman–Crippen LogP) is 2.56. The fourth-order valence-corrected chi connectivity index (χ4v) is 2.64. The van der Waals surface area contributed by atoms with E-state index in [-0.39, 0.29) is 17.5 Å². The number of hydrogen-bond acceptors (Lipinski definition) is 4. The van der Waals surface area contributed by atoms with Crippen LogP contribution in [0.1, 0.15) is 15.9 Å². The molecule has 0 aliphatic rings. The van der Waals surface area contributed by atoms with Crippen molar-refractivity contribution in [1.82, 2.24) is 9.97 Å². The van der Waals surface area contributed by atoms with E-state index in [4.69, 9.17) is 9.84 Å². The summed E-state index contributed by atoms with van der Waals surface area (Å²) in [5, 5.41) is 18.5. The van der Waals surface area contributed by atoms with E-state index in [9.17, 15) is 14.7 Å². The summed E-state index contributed by atoms with van der Waals surface area (Å²) >= 11 is 0. The molecule has 24 heavy (non-hydrogen) atoms. The number of aromatic carboxylic acids is 1. The number of para-hydroxylation sites is 1. The average Bonchev–Trinajstić information content (AvgIpc) is 2.97. The van der Waals surface area contributed by atoms with Crippen molar-refractivity contribution in [2.75, 3.05) is 7.11 Å². The Morgan fingerprint density at radius 2 is 1.92 bits per heavy atom. The van der Waals surface area contributed by atoms with Crippen molar-refractivity contribution in [2.24, 2.45) is 0 Å². The number of carboxylic acid groups (broad SMARTS) is 2. The Morgan fingerprint density at radius 1 is 1.17 bits per heavy atom. The van der Waals surface area contributed by atoms with Crippen molar-refractivity contribution in [3.8, 4) is 17.1 Å². The monoisotopic (exact) mass is 326 g/mol. The molecule has 3 N–H and O–H groups in total. The van der Waals surface area contributed by atoms with Gasteiger partial charge >= 0.3 is 11.9 Å². The Kier molecular flexibility index (Phi) is 3.91. The second-order valence-electron chi connectivity index (χ2n) is 5.16. The zero-order valence-corrected chi connectivity index (χ0v) is 12.7. The zero-order chi connectivity index (χ0) is 17.3. The summed E-state index contributed by atoms with van der Waals surface area (Å²) in [6, 6.07) is 10.3. The molecule has 0 unspecified atom stereocenters. The molecular formula is C17H14N2O5. The van der Waals surface area contributed by atoms with E-state index in [2.05, 4.69) is 9.97 Å². The first kappa shape index (κ1) is 15.5. The number of hydrogen-bond donors (Lipinski definition) is 3. The fraction of sp³-hybridized carbons (Fsp3) is 0.118. The van der Waals surface area contributed by atoms with Crippen LogP contribution in [0.2, 0.25) is 0 Å². The molecule has 0 amide bonds. The highest BCUT2D eigenvalue weighted by Crippen LogP contribution is 2.30. The minimum atomic E-state index is -1.20. The highest BCUT2D eigenvalue weighted by Gasteiger charge is 2.20. The first-order valence-electron chi connectivity index (χ1n) is 7.11. The van der Waals surface area contributed by atoms with Crippen LogP contribution in [-0.4, -0.2) is 39.2 Å². The van der Waals surface area contributed by atoms with E-state index in [1.54, 1.807) is 18.2 Å². The Morgan fingerprint density at radius 3 is 2.58 bits per heavy atom. The van der Waals surface area contributed by atoms with Crippen LogP contribution >= 0.6 is 0 Å². The second kappa shape index (κ2) is 6.04. The smallest absolute Gasteiger partial charge is 0.338 e. The lowest BCUT2D eigenvalue weighted by Crippen LogP contribution is -2.08.